The summed E-state index contributed by atoms with van der Waals surface area (Å²) < 4.78 is 29.5. The third-order valence-electron chi connectivity index (χ3n) is 1.19. The van der Waals surface area contributed by atoms with Crippen LogP contribution >= 0.6 is 0 Å². The largest absolute Gasteiger partial charge is 0.516 e. The minimum absolute atomic E-state index is 0.478. The van der Waals surface area contributed by atoms with E-state index < -0.39 is 27.3 Å². The van der Waals surface area contributed by atoms with Gasteiger partial charge in [-0.3, -0.25) is 9.35 Å². The van der Waals surface area contributed by atoms with Gasteiger partial charge in [-0.1, -0.05) is 13.2 Å². The molecule has 0 radical (unpaired) electrons. The highest BCUT2D eigenvalue weighted by atomic mass is 32.2. The van der Waals surface area contributed by atoms with Gasteiger partial charge in [0, 0.05) is 0 Å². The number of amides is 1. The van der Waals surface area contributed by atoms with E-state index in [-0.39, 0.29) is 0 Å². The molecule has 0 fully saturated rings. The van der Waals surface area contributed by atoms with Crippen LogP contribution in [0.1, 0.15) is 13.8 Å². The monoisotopic (exact) mass is 251 g/mol. The molecule has 0 aromatic carbocycles. The standard InChI is InChI=1S/C7H13NO4S.C2H4O/c1-4-6(9)8-7(2,3)5-13(10,11)12;1-2-3/h4H,1,5H2,2-3H3,(H,8,9)(H,10,11,12);2-3H,1H2. The second kappa shape index (κ2) is 7.02. The summed E-state index contributed by atoms with van der Waals surface area (Å²) in [6.45, 7) is 9.11. The van der Waals surface area contributed by atoms with E-state index >= 15 is 0 Å². The molecule has 0 bridgehead atoms. The van der Waals surface area contributed by atoms with Crippen LogP contribution < -0.4 is 5.32 Å². The Morgan fingerprint density at radius 3 is 2.06 bits per heavy atom. The van der Waals surface area contributed by atoms with Crippen LogP contribution in [0.15, 0.2) is 25.5 Å². The molecule has 0 aliphatic rings. The Morgan fingerprint density at radius 2 is 1.81 bits per heavy atom. The zero-order chi connectivity index (χ0) is 13.4. The lowest BCUT2D eigenvalue weighted by molar-refractivity contribution is -0.117. The van der Waals surface area contributed by atoms with Gasteiger partial charge in [-0.2, -0.15) is 8.42 Å². The molecule has 0 rings (SSSR count). The number of aliphatic hydroxyl groups excluding tert-OH is 1. The van der Waals surface area contributed by atoms with Crippen LogP contribution in [0, 0.1) is 0 Å². The molecule has 0 atom stereocenters. The predicted octanol–water partition coefficient (Wildman–Crippen LogP) is 0.643. The Morgan fingerprint density at radius 1 is 1.44 bits per heavy atom. The van der Waals surface area contributed by atoms with Crippen LogP contribution in [0.5, 0.6) is 0 Å². The second-order valence-electron chi connectivity index (χ2n) is 3.49. The van der Waals surface area contributed by atoms with Crippen LogP contribution in [-0.4, -0.2) is 35.3 Å². The Kier molecular flexibility index (Phi) is 7.49. The van der Waals surface area contributed by atoms with E-state index in [1.165, 1.54) is 13.8 Å². The molecule has 0 aromatic rings. The number of hydrogen-bond donors (Lipinski definition) is 3. The summed E-state index contributed by atoms with van der Waals surface area (Å²) in [7, 11) is -4.08. The molecule has 0 unspecified atom stereocenters. The quantitative estimate of drug-likeness (QED) is 0.386. The van der Waals surface area contributed by atoms with Gasteiger partial charge in [0.2, 0.25) is 5.91 Å². The summed E-state index contributed by atoms with van der Waals surface area (Å²) in [4.78, 5) is 10.8. The molecular weight excluding hydrogens is 234 g/mol. The van der Waals surface area contributed by atoms with Crippen LogP contribution in [0.2, 0.25) is 0 Å². The maximum absolute atomic E-state index is 10.8. The Hall–Kier alpha value is -1.34. The van der Waals surface area contributed by atoms with Crippen LogP contribution in [0.4, 0.5) is 0 Å². The maximum Gasteiger partial charge on any atom is 0.267 e. The first-order valence-electron chi connectivity index (χ1n) is 4.23. The lowest BCUT2D eigenvalue weighted by Crippen LogP contribution is -2.47. The van der Waals surface area contributed by atoms with E-state index in [1.54, 1.807) is 0 Å². The van der Waals surface area contributed by atoms with Crippen LogP contribution in [-0.2, 0) is 14.9 Å². The molecule has 0 heterocycles. The smallest absolute Gasteiger partial charge is 0.267 e. The summed E-state index contributed by atoms with van der Waals surface area (Å²) in [5.41, 5.74) is -1.00. The van der Waals surface area contributed by atoms with Crippen molar-refractivity contribution in [2.75, 3.05) is 5.75 Å². The van der Waals surface area contributed by atoms with Gasteiger partial charge in [-0.25, -0.2) is 0 Å². The zero-order valence-electron chi connectivity index (χ0n) is 9.30. The van der Waals surface area contributed by atoms with Crippen molar-refractivity contribution in [1.82, 2.24) is 5.32 Å². The molecule has 0 spiro atoms. The first-order valence-corrected chi connectivity index (χ1v) is 5.83. The molecule has 0 aliphatic heterocycles. The normalized spacial score (nSPS) is 10.7. The van der Waals surface area contributed by atoms with Gasteiger partial charge in [-0.15, -0.1) is 0 Å². The van der Waals surface area contributed by atoms with Crippen LogP contribution in [0.25, 0.3) is 0 Å². The van der Waals surface area contributed by atoms with Crippen molar-refractivity contribution in [1.29, 1.82) is 0 Å². The average Bonchev–Trinajstić information content (AvgIpc) is 1.99. The fourth-order valence-corrected chi connectivity index (χ4v) is 1.86. The summed E-state index contributed by atoms with van der Waals surface area (Å²) in [5.74, 6) is -1.01. The van der Waals surface area contributed by atoms with E-state index in [9.17, 15) is 13.2 Å². The van der Waals surface area contributed by atoms with E-state index in [1.807, 2.05) is 0 Å². The lowest BCUT2D eigenvalue weighted by atomic mass is 10.1. The highest BCUT2D eigenvalue weighted by molar-refractivity contribution is 7.85. The van der Waals surface area contributed by atoms with Crippen molar-refractivity contribution < 1.29 is 22.9 Å². The van der Waals surface area contributed by atoms with Crippen molar-refractivity contribution in [3.63, 3.8) is 0 Å². The molecule has 16 heavy (non-hydrogen) atoms. The number of carbonyl (C=O) groups is 1. The summed E-state index contributed by atoms with van der Waals surface area (Å²) in [5, 5.41) is 9.70. The van der Waals surface area contributed by atoms with Gasteiger partial charge >= 0.3 is 0 Å². The lowest BCUT2D eigenvalue weighted by Gasteiger charge is -2.23. The fraction of sp³-hybridized carbons (Fsp3) is 0.444. The Balaban J connectivity index is 0. The SMILES string of the molecule is C=CC(=O)NC(C)(C)CS(=O)(=O)O.C=CO. The highest BCUT2D eigenvalue weighted by Crippen LogP contribution is 2.05. The molecule has 94 valence electrons. The van der Waals surface area contributed by atoms with Crippen molar-refractivity contribution in [3.05, 3.63) is 25.5 Å². The van der Waals surface area contributed by atoms with Gasteiger partial charge < -0.3 is 10.4 Å². The topological polar surface area (TPSA) is 104 Å². The number of nitrogens with one attached hydrogen (secondary N) is 1. The molecule has 0 aromatic heterocycles. The average molecular weight is 251 g/mol. The molecular formula is C9H17NO5S. The first kappa shape index (κ1) is 17.1. The molecule has 0 aliphatic carbocycles. The molecule has 3 N–H and O–H groups in total. The van der Waals surface area contributed by atoms with Crippen molar-refractivity contribution in [3.8, 4) is 0 Å². The molecule has 0 saturated carbocycles. The van der Waals surface area contributed by atoms with Crippen LogP contribution in [0.3, 0.4) is 0 Å². The Bertz CT molecular complexity index is 345. The maximum atomic E-state index is 10.8. The van der Waals surface area contributed by atoms with E-state index in [0.29, 0.717) is 0 Å². The second-order valence-corrected chi connectivity index (χ2v) is 4.94. The van der Waals surface area contributed by atoms with Crippen molar-refractivity contribution in [2.45, 2.75) is 19.4 Å². The number of hydrogen-bond acceptors (Lipinski definition) is 4. The summed E-state index contributed by atoms with van der Waals surface area (Å²) in [6, 6.07) is 0. The highest BCUT2D eigenvalue weighted by Gasteiger charge is 2.25. The van der Waals surface area contributed by atoms with E-state index in [0.717, 1.165) is 12.3 Å². The van der Waals surface area contributed by atoms with Crippen molar-refractivity contribution >= 4 is 16.0 Å². The summed E-state index contributed by atoms with van der Waals surface area (Å²) in [6.07, 6.45) is 1.78. The molecule has 0 saturated heterocycles. The Labute approximate surface area is 95.4 Å². The molecule has 7 heteroatoms. The third kappa shape index (κ3) is 12.7. The number of rotatable bonds is 4. The minimum atomic E-state index is -4.08. The molecule has 6 nitrogen and oxygen atoms in total. The number of aliphatic hydroxyl groups is 1. The summed E-state index contributed by atoms with van der Waals surface area (Å²) >= 11 is 0. The number of carbonyl (C=O) groups excluding carboxylic acids is 1. The first-order chi connectivity index (χ1) is 7.08. The zero-order valence-corrected chi connectivity index (χ0v) is 10.1. The van der Waals surface area contributed by atoms with Gasteiger partial charge in [0.05, 0.1) is 17.6 Å². The fourth-order valence-electron chi connectivity index (χ4n) is 0.877. The van der Waals surface area contributed by atoms with Gasteiger partial charge in [0.1, 0.15) is 0 Å². The molecule has 1 amide bonds. The van der Waals surface area contributed by atoms with Crippen molar-refractivity contribution in [2.24, 2.45) is 0 Å². The van der Waals surface area contributed by atoms with Gasteiger partial charge in [-0.05, 0) is 19.9 Å². The predicted molar refractivity (Wildman–Crippen MR) is 61.7 cm³/mol. The van der Waals surface area contributed by atoms with E-state index in [2.05, 4.69) is 18.5 Å². The van der Waals surface area contributed by atoms with Gasteiger partial charge in [0.15, 0.2) is 0 Å². The van der Waals surface area contributed by atoms with Gasteiger partial charge in [0.25, 0.3) is 10.1 Å². The van der Waals surface area contributed by atoms with E-state index in [4.69, 9.17) is 9.66 Å². The minimum Gasteiger partial charge on any atom is -0.516 e. The third-order valence-corrected chi connectivity index (χ3v) is 2.28.